The van der Waals surface area contributed by atoms with Crippen molar-refractivity contribution < 1.29 is 4.74 Å². The van der Waals surface area contributed by atoms with E-state index in [2.05, 4.69) is 6.58 Å². The van der Waals surface area contributed by atoms with Crippen molar-refractivity contribution in [2.75, 3.05) is 6.54 Å². The number of rotatable bonds is 4. The zero-order chi connectivity index (χ0) is 15.6. The summed E-state index contributed by atoms with van der Waals surface area (Å²) in [6.45, 7) is 10.5. The largest absolute Gasteiger partial charge is 0.622 e. The SMILES string of the molecule is C=CCN1C(=S)SC(C)(C)C1/[N+]([O-])=C/c1ccc(C)cc1. The molecule has 1 fully saturated rings. The molecule has 1 aromatic rings. The summed E-state index contributed by atoms with van der Waals surface area (Å²) in [6, 6.07) is 7.90. The van der Waals surface area contributed by atoms with Crippen molar-refractivity contribution in [3.63, 3.8) is 0 Å². The Morgan fingerprint density at radius 1 is 1.43 bits per heavy atom. The van der Waals surface area contributed by atoms with Crippen LogP contribution in [0.25, 0.3) is 0 Å². The number of aryl methyl sites for hydroxylation is 1. The summed E-state index contributed by atoms with van der Waals surface area (Å²) < 4.78 is 1.51. The topological polar surface area (TPSA) is 29.3 Å². The van der Waals surface area contributed by atoms with E-state index in [1.54, 1.807) is 24.1 Å². The van der Waals surface area contributed by atoms with Gasteiger partial charge >= 0.3 is 0 Å². The molecule has 1 heterocycles. The molecule has 0 aliphatic carbocycles. The molecule has 0 saturated carbocycles. The van der Waals surface area contributed by atoms with E-state index in [-0.39, 0.29) is 10.9 Å². The summed E-state index contributed by atoms with van der Waals surface area (Å²) in [4.78, 5) is 1.94. The molecule has 0 spiro atoms. The summed E-state index contributed by atoms with van der Waals surface area (Å²) >= 11 is 6.96. The van der Waals surface area contributed by atoms with Gasteiger partial charge in [-0.15, -0.1) is 6.58 Å². The molecule has 0 amide bonds. The fraction of sp³-hybridized carbons (Fsp3) is 0.375. The first kappa shape index (κ1) is 16.0. The highest BCUT2D eigenvalue weighted by Gasteiger charge is 2.49. The predicted octanol–water partition coefficient (Wildman–Crippen LogP) is 3.55. The van der Waals surface area contributed by atoms with E-state index in [0.717, 1.165) is 14.6 Å². The van der Waals surface area contributed by atoms with Crippen molar-refractivity contribution in [2.24, 2.45) is 0 Å². The molecule has 1 aliphatic rings. The number of nitrogens with zero attached hydrogens (tertiary/aromatic N) is 2. The van der Waals surface area contributed by atoms with E-state index in [9.17, 15) is 5.21 Å². The average Bonchev–Trinajstić information content (AvgIpc) is 2.62. The summed E-state index contributed by atoms with van der Waals surface area (Å²) in [5.41, 5.74) is 2.07. The molecule has 5 heteroatoms. The van der Waals surface area contributed by atoms with Crippen molar-refractivity contribution in [3.05, 3.63) is 53.3 Å². The Kier molecular flexibility index (Phi) is 4.74. The van der Waals surface area contributed by atoms with Gasteiger partial charge in [0.1, 0.15) is 9.07 Å². The molecule has 2 rings (SSSR count). The zero-order valence-corrected chi connectivity index (χ0v) is 14.2. The molecule has 0 N–H and O–H groups in total. The third-order valence-corrected chi connectivity index (χ3v) is 5.05. The lowest BCUT2D eigenvalue weighted by Gasteiger charge is -2.29. The van der Waals surface area contributed by atoms with Crippen LogP contribution in [0.15, 0.2) is 36.9 Å². The third kappa shape index (κ3) is 3.47. The van der Waals surface area contributed by atoms with Gasteiger partial charge in [-0.3, -0.25) is 4.90 Å². The second kappa shape index (κ2) is 6.20. The molecule has 0 bridgehead atoms. The molecule has 0 aromatic heterocycles. The number of benzene rings is 1. The Hall–Kier alpha value is -1.33. The highest BCUT2D eigenvalue weighted by molar-refractivity contribution is 8.24. The van der Waals surface area contributed by atoms with Crippen LogP contribution in [0.1, 0.15) is 25.0 Å². The van der Waals surface area contributed by atoms with Gasteiger partial charge in [-0.25, -0.2) is 0 Å². The Morgan fingerprint density at radius 3 is 2.62 bits per heavy atom. The van der Waals surface area contributed by atoms with Gasteiger partial charge < -0.3 is 5.21 Å². The van der Waals surface area contributed by atoms with Gasteiger partial charge in [-0.05, 0) is 32.9 Å². The second-order valence-electron chi connectivity index (χ2n) is 5.69. The number of thioether (sulfide) groups is 1. The first-order valence-corrected chi connectivity index (χ1v) is 8.05. The Bertz CT molecular complexity index is 578. The lowest BCUT2D eigenvalue weighted by atomic mass is 10.1. The van der Waals surface area contributed by atoms with Crippen LogP contribution in [0.2, 0.25) is 0 Å². The van der Waals surface area contributed by atoms with Gasteiger partial charge in [-0.1, -0.05) is 47.8 Å². The summed E-state index contributed by atoms with van der Waals surface area (Å²) in [6.07, 6.45) is 3.09. The molecule has 1 aliphatic heterocycles. The van der Waals surface area contributed by atoms with Crippen LogP contribution in [-0.2, 0) is 0 Å². The lowest BCUT2D eigenvalue weighted by Crippen LogP contribution is -2.47. The van der Waals surface area contributed by atoms with Gasteiger partial charge in [-0.2, -0.15) is 4.74 Å². The number of hydrogen-bond acceptors (Lipinski definition) is 3. The first-order chi connectivity index (χ1) is 9.85. The van der Waals surface area contributed by atoms with Gasteiger partial charge in [0.25, 0.3) is 6.17 Å². The molecule has 1 saturated heterocycles. The molecular weight excluding hydrogens is 300 g/mol. The van der Waals surface area contributed by atoms with Crippen LogP contribution in [0.5, 0.6) is 0 Å². The quantitative estimate of drug-likeness (QED) is 0.212. The van der Waals surface area contributed by atoms with Crippen LogP contribution < -0.4 is 0 Å². The van der Waals surface area contributed by atoms with E-state index >= 15 is 0 Å². The molecule has 1 unspecified atom stereocenters. The minimum Gasteiger partial charge on any atom is -0.622 e. The van der Waals surface area contributed by atoms with E-state index in [1.807, 2.05) is 49.9 Å². The van der Waals surface area contributed by atoms with Crippen LogP contribution in [-0.4, -0.2) is 37.6 Å². The maximum atomic E-state index is 12.7. The maximum Gasteiger partial charge on any atom is 0.254 e. The number of thiocarbonyl (C=S) groups is 1. The van der Waals surface area contributed by atoms with Crippen LogP contribution in [0, 0.1) is 12.1 Å². The van der Waals surface area contributed by atoms with Crippen molar-refractivity contribution in [1.82, 2.24) is 4.90 Å². The maximum absolute atomic E-state index is 12.7. The van der Waals surface area contributed by atoms with Crippen molar-refractivity contribution in [2.45, 2.75) is 31.7 Å². The highest BCUT2D eigenvalue weighted by Crippen LogP contribution is 2.41. The van der Waals surface area contributed by atoms with Crippen molar-refractivity contribution in [1.29, 1.82) is 0 Å². The number of hydroxylamine groups is 1. The standard InChI is InChI=1S/C16H20N2OS2/c1-5-10-17-14(16(3,4)21-15(17)20)18(19)11-13-8-6-12(2)7-9-13/h5-9,11,14H,1,10H2,2-4H3/b18-11-. The van der Waals surface area contributed by atoms with Crippen LogP contribution >= 0.6 is 24.0 Å². The van der Waals surface area contributed by atoms with E-state index in [4.69, 9.17) is 12.2 Å². The fourth-order valence-electron chi connectivity index (χ4n) is 2.44. The first-order valence-electron chi connectivity index (χ1n) is 6.82. The predicted molar refractivity (Wildman–Crippen MR) is 94.9 cm³/mol. The smallest absolute Gasteiger partial charge is 0.254 e. The Balaban J connectivity index is 2.33. The zero-order valence-electron chi connectivity index (χ0n) is 12.6. The fourth-order valence-corrected chi connectivity index (χ4v) is 4.34. The summed E-state index contributed by atoms with van der Waals surface area (Å²) in [7, 11) is 0. The molecule has 112 valence electrons. The molecule has 1 atom stereocenters. The lowest BCUT2D eigenvalue weighted by molar-refractivity contribution is -0.523. The van der Waals surface area contributed by atoms with Gasteiger partial charge in [0.05, 0.1) is 0 Å². The van der Waals surface area contributed by atoms with Gasteiger partial charge in [0, 0.05) is 12.1 Å². The third-order valence-electron chi connectivity index (χ3n) is 3.42. The molecule has 21 heavy (non-hydrogen) atoms. The van der Waals surface area contributed by atoms with E-state index in [0.29, 0.717) is 6.54 Å². The highest BCUT2D eigenvalue weighted by atomic mass is 32.2. The van der Waals surface area contributed by atoms with Crippen molar-refractivity contribution in [3.8, 4) is 0 Å². The summed E-state index contributed by atoms with van der Waals surface area (Å²) in [5, 5.41) is 12.7. The normalized spacial score (nSPS) is 21.7. The Labute approximate surface area is 135 Å². The second-order valence-corrected chi connectivity index (χ2v) is 7.97. The monoisotopic (exact) mass is 320 g/mol. The minimum absolute atomic E-state index is 0.261. The van der Waals surface area contributed by atoms with Crippen molar-refractivity contribution >= 4 is 34.5 Å². The average molecular weight is 320 g/mol. The van der Waals surface area contributed by atoms with Crippen LogP contribution in [0.3, 0.4) is 0 Å². The van der Waals surface area contributed by atoms with E-state index in [1.165, 1.54) is 5.56 Å². The van der Waals surface area contributed by atoms with Crippen LogP contribution in [0.4, 0.5) is 0 Å². The van der Waals surface area contributed by atoms with E-state index < -0.39 is 0 Å². The van der Waals surface area contributed by atoms with Gasteiger partial charge in [0.2, 0.25) is 0 Å². The molecular formula is C16H20N2OS2. The van der Waals surface area contributed by atoms with Gasteiger partial charge in [0.15, 0.2) is 6.21 Å². The number of hydrogen-bond donors (Lipinski definition) is 0. The Morgan fingerprint density at radius 2 is 2.05 bits per heavy atom. The molecule has 1 aromatic carbocycles. The molecule has 3 nitrogen and oxygen atoms in total. The summed E-state index contributed by atoms with van der Waals surface area (Å²) in [5.74, 6) is 0. The molecule has 0 radical (unpaired) electrons. The minimum atomic E-state index is -0.325.